The van der Waals surface area contributed by atoms with Gasteiger partial charge in [-0.05, 0) is 81.7 Å². The Morgan fingerprint density at radius 2 is 1.79 bits per heavy atom. The molecule has 1 saturated heterocycles. The van der Waals surface area contributed by atoms with Crippen LogP contribution in [0.5, 0.6) is 0 Å². The molecule has 1 aromatic heterocycles. The Labute approximate surface area is 252 Å². The van der Waals surface area contributed by atoms with Gasteiger partial charge in [0.2, 0.25) is 5.91 Å². The van der Waals surface area contributed by atoms with Gasteiger partial charge >= 0.3 is 12.1 Å². The molecule has 2 aromatic rings. The highest BCUT2D eigenvalue weighted by Crippen LogP contribution is 2.43. The van der Waals surface area contributed by atoms with Crippen molar-refractivity contribution in [3.63, 3.8) is 0 Å². The first-order valence-corrected chi connectivity index (χ1v) is 15.9. The molecule has 0 spiro atoms. The Morgan fingerprint density at radius 3 is 2.43 bits per heavy atom. The van der Waals surface area contributed by atoms with E-state index in [4.69, 9.17) is 14.2 Å². The molecule has 3 aliphatic rings. The molecule has 2 aliphatic heterocycles. The van der Waals surface area contributed by atoms with Gasteiger partial charge in [-0.1, -0.05) is 37.0 Å². The fraction of sp³-hybridized carbons (Fsp3) is 0.545. The molecular weight excluding hydrogens is 552 g/mol. The molecule has 42 heavy (non-hydrogen) atoms. The molecule has 9 heteroatoms. The van der Waals surface area contributed by atoms with E-state index in [-0.39, 0.29) is 17.8 Å². The van der Waals surface area contributed by atoms with Crippen LogP contribution in [0.1, 0.15) is 81.0 Å². The topological polar surface area (TPSA) is 94.2 Å². The predicted molar refractivity (Wildman–Crippen MR) is 165 cm³/mol. The van der Waals surface area contributed by atoms with Crippen molar-refractivity contribution >= 4 is 40.6 Å². The maximum atomic E-state index is 13.4. The standard InChI is InChI=1S/C33H42N2O6S/c1-33(2,3)41-32(38)34-24-12-10-22(11-13-24)28-18-26(29(42-28)31(37)39-4)27-19-35(30(36)23-15-17-40-20-23)16-14-25(27)21-8-6-5-7-9-21/h10-13,18,21,23H,5-9,14-17,19-20H2,1-4H3,(H,34,38). The van der Waals surface area contributed by atoms with Crippen molar-refractivity contribution in [1.82, 2.24) is 4.90 Å². The van der Waals surface area contributed by atoms with E-state index in [1.807, 2.05) is 49.9 Å². The first-order valence-electron chi connectivity index (χ1n) is 15.0. The number of nitrogens with one attached hydrogen (secondary N) is 1. The summed E-state index contributed by atoms with van der Waals surface area (Å²) in [5, 5.41) is 2.77. The second kappa shape index (κ2) is 13.0. The Morgan fingerprint density at radius 1 is 1.05 bits per heavy atom. The lowest BCUT2D eigenvalue weighted by Gasteiger charge is -2.36. The average Bonchev–Trinajstić information content (AvgIpc) is 3.67. The summed E-state index contributed by atoms with van der Waals surface area (Å²) >= 11 is 1.41. The van der Waals surface area contributed by atoms with Crippen molar-refractivity contribution in [3.05, 3.63) is 46.3 Å². The van der Waals surface area contributed by atoms with Crippen LogP contribution in [0.3, 0.4) is 0 Å². The summed E-state index contributed by atoms with van der Waals surface area (Å²) in [6.07, 6.45) is 7.08. The van der Waals surface area contributed by atoms with Crippen LogP contribution in [0.25, 0.3) is 16.0 Å². The van der Waals surface area contributed by atoms with Crippen LogP contribution in [0.4, 0.5) is 10.5 Å². The van der Waals surface area contributed by atoms with Crippen molar-refractivity contribution in [2.45, 2.75) is 71.3 Å². The molecule has 2 fully saturated rings. The molecule has 0 bridgehead atoms. The number of nitrogens with zero attached hydrogens (tertiary/aromatic N) is 1. The number of amides is 2. The molecule has 0 radical (unpaired) electrons. The van der Waals surface area contributed by atoms with Gasteiger partial charge in [0, 0.05) is 35.8 Å². The van der Waals surface area contributed by atoms with Crippen molar-refractivity contribution in [2.24, 2.45) is 11.8 Å². The minimum atomic E-state index is -0.586. The third kappa shape index (κ3) is 7.06. The summed E-state index contributed by atoms with van der Waals surface area (Å²) in [5.74, 6) is 0.171. The second-order valence-corrected chi connectivity index (χ2v) is 13.5. The third-order valence-electron chi connectivity index (χ3n) is 8.32. The van der Waals surface area contributed by atoms with E-state index in [9.17, 15) is 14.4 Å². The lowest BCUT2D eigenvalue weighted by molar-refractivity contribution is -0.135. The zero-order valence-electron chi connectivity index (χ0n) is 25.1. The van der Waals surface area contributed by atoms with Crippen molar-refractivity contribution < 1.29 is 28.6 Å². The number of carbonyl (C=O) groups is 3. The van der Waals surface area contributed by atoms with E-state index in [2.05, 4.69) is 11.4 Å². The summed E-state index contributed by atoms with van der Waals surface area (Å²) < 4.78 is 16.1. The number of ether oxygens (including phenoxy) is 3. The fourth-order valence-corrected chi connectivity index (χ4v) is 7.36. The summed E-state index contributed by atoms with van der Waals surface area (Å²) in [5.41, 5.74) is 4.34. The molecule has 1 saturated carbocycles. The second-order valence-electron chi connectivity index (χ2n) is 12.5. The van der Waals surface area contributed by atoms with Gasteiger partial charge in [-0.25, -0.2) is 9.59 Å². The highest BCUT2D eigenvalue weighted by atomic mass is 32.1. The minimum Gasteiger partial charge on any atom is -0.465 e. The van der Waals surface area contributed by atoms with Gasteiger partial charge in [0.05, 0.1) is 19.6 Å². The van der Waals surface area contributed by atoms with Crippen LogP contribution < -0.4 is 5.32 Å². The number of methoxy groups -OCH3 is 1. The quantitative estimate of drug-likeness (QED) is 0.357. The van der Waals surface area contributed by atoms with E-state index in [0.717, 1.165) is 47.3 Å². The summed E-state index contributed by atoms with van der Waals surface area (Å²) in [4.78, 5) is 42.2. The summed E-state index contributed by atoms with van der Waals surface area (Å²) in [7, 11) is 1.41. The van der Waals surface area contributed by atoms with E-state index < -0.39 is 11.7 Å². The fourth-order valence-electron chi connectivity index (χ4n) is 6.25. The van der Waals surface area contributed by atoms with Crippen LogP contribution in [0, 0.1) is 11.8 Å². The van der Waals surface area contributed by atoms with Gasteiger partial charge in [-0.3, -0.25) is 10.1 Å². The number of benzene rings is 1. The van der Waals surface area contributed by atoms with Crippen LogP contribution in [0.2, 0.25) is 0 Å². The van der Waals surface area contributed by atoms with E-state index in [0.29, 0.717) is 42.8 Å². The molecule has 3 heterocycles. The normalized spacial score (nSPS) is 20.0. The number of hydrogen-bond acceptors (Lipinski definition) is 7. The van der Waals surface area contributed by atoms with Crippen molar-refractivity contribution in [2.75, 3.05) is 38.7 Å². The summed E-state index contributed by atoms with van der Waals surface area (Å²) in [6, 6.07) is 9.59. The van der Waals surface area contributed by atoms with Gasteiger partial charge in [0.25, 0.3) is 0 Å². The smallest absolute Gasteiger partial charge is 0.412 e. The molecule has 5 rings (SSSR count). The molecule has 1 aliphatic carbocycles. The number of thiophene rings is 1. The molecule has 1 atom stereocenters. The zero-order valence-corrected chi connectivity index (χ0v) is 25.9. The van der Waals surface area contributed by atoms with E-state index in [1.54, 1.807) is 0 Å². The SMILES string of the molecule is COC(=O)c1sc(-c2ccc(NC(=O)OC(C)(C)C)cc2)cc1C1=C(C2CCCCC2)CCN(C(=O)C2CCOC2)C1. The zero-order chi connectivity index (χ0) is 29.9. The highest BCUT2D eigenvalue weighted by molar-refractivity contribution is 7.17. The van der Waals surface area contributed by atoms with Crippen LogP contribution in [-0.4, -0.2) is 61.9 Å². The maximum absolute atomic E-state index is 13.4. The van der Waals surface area contributed by atoms with E-state index >= 15 is 0 Å². The Bertz CT molecular complexity index is 1330. The van der Waals surface area contributed by atoms with Gasteiger partial charge in [0.15, 0.2) is 0 Å². The molecule has 8 nitrogen and oxygen atoms in total. The number of esters is 1. The molecule has 1 aromatic carbocycles. The molecule has 1 N–H and O–H groups in total. The Hall–Kier alpha value is -3.17. The Balaban J connectivity index is 1.48. The van der Waals surface area contributed by atoms with E-state index in [1.165, 1.54) is 43.3 Å². The largest absolute Gasteiger partial charge is 0.465 e. The van der Waals surface area contributed by atoms with Gasteiger partial charge in [0.1, 0.15) is 10.5 Å². The number of carbonyl (C=O) groups excluding carboxylic acids is 3. The maximum Gasteiger partial charge on any atom is 0.412 e. The van der Waals surface area contributed by atoms with Crippen LogP contribution >= 0.6 is 11.3 Å². The lowest BCUT2D eigenvalue weighted by atomic mass is 9.77. The number of hydrogen-bond donors (Lipinski definition) is 1. The van der Waals surface area contributed by atoms with Gasteiger partial charge < -0.3 is 19.1 Å². The molecule has 226 valence electrons. The highest BCUT2D eigenvalue weighted by Gasteiger charge is 2.35. The molecule has 2 amide bonds. The predicted octanol–water partition coefficient (Wildman–Crippen LogP) is 7.15. The van der Waals surface area contributed by atoms with Gasteiger partial charge in [-0.2, -0.15) is 0 Å². The average molecular weight is 595 g/mol. The van der Waals surface area contributed by atoms with Crippen LogP contribution in [0.15, 0.2) is 35.9 Å². The molecular formula is C33H42N2O6S. The minimum absolute atomic E-state index is 0.0894. The van der Waals surface area contributed by atoms with Crippen LogP contribution in [-0.2, 0) is 19.0 Å². The summed E-state index contributed by atoms with van der Waals surface area (Å²) in [6.45, 7) is 7.79. The molecule has 1 unspecified atom stereocenters. The third-order valence-corrected chi connectivity index (χ3v) is 9.48. The van der Waals surface area contributed by atoms with Crippen molar-refractivity contribution in [3.8, 4) is 10.4 Å². The first kappa shape index (κ1) is 30.3. The van der Waals surface area contributed by atoms with Crippen molar-refractivity contribution in [1.29, 1.82) is 0 Å². The number of anilines is 1. The van der Waals surface area contributed by atoms with Gasteiger partial charge in [-0.15, -0.1) is 11.3 Å². The first-order chi connectivity index (χ1) is 20.1. The monoisotopic (exact) mass is 594 g/mol. The lowest BCUT2D eigenvalue weighted by Crippen LogP contribution is -2.41. The Kier molecular flexibility index (Phi) is 9.38. The number of rotatable bonds is 6.